The Hall–Kier alpha value is -2.80. The van der Waals surface area contributed by atoms with Crippen molar-refractivity contribution in [2.75, 3.05) is 18.9 Å². The summed E-state index contributed by atoms with van der Waals surface area (Å²) < 4.78 is 7.49. The second-order valence-corrected chi connectivity index (χ2v) is 8.94. The highest BCUT2D eigenvalue weighted by atomic mass is 32.2. The van der Waals surface area contributed by atoms with Gasteiger partial charge in [-0.3, -0.25) is 4.79 Å². The maximum absolute atomic E-state index is 12.1. The molecular formula is C23H28N4O2S. The van der Waals surface area contributed by atoms with Crippen molar-refractivity contribution in [3.8, 4) is 17.1 Å². The Morgan fingerprint density at radius 3 is 2.43 bits per heavy atom. The summed E-state index contributed by atoms with van der Waals surface area (Å²) in [6, 6.07) is 17.9. The van der Waals surface area contributed by atoms with E-state index in [0.29, 0.717) is 18.3 Å². The molecule has 0 aliphatic rings. The van der Waals surface area contributed by atoms with E-state index in [9.17, 15) is 4.79 Å². The first-order valence-corrected chi connectivity index (χ1v) is 10.9. The molecule has 158 valence electrons. The average molecular weight is 425 g/mol. The third kappa shape index (κ3) is 5.86. The van der Waals surface area contributed by atoms with E-state index in [0.717, 1.165) is 17.1 Å². The predicted molar refractivity (Wildman–Crippen MR) is 121 cm³/mol. The van der Waals surface area contributed by atoms with Crippen LogP contribution in [0.2, 0.25) is 0 Å². The minimum Gasteiger partial charge on any atom is -0.492 e. The number of benzene rings is 2. The average Bonchev–Trinajstić information content (AvgIpc) is 3.10. The van der Waals surface area contributed by atoms with E-state index in [1.807, 2.05) is 41.9 Å². The molecule has 0 saturated heterocycles. The highest BCUT2D eigenvalue weighted by molar-refractivity contribution is 7.99. The highest BCUT2D eigenvalue weighted by Gasteiger charge is 2.16. The van der Waals surface area contributed by atoms with E-state index in [2.05, 4.69) is 60.6 Å². The van der Waals surface area contributed by atoms with E-state index >= 15 is 0 Å². The van der Waals surface area contributed by atoms with Gasteiger partial charge in [0.05, 0.1) is 12.3 Å². The second kappa shape index (κ2) is 9.80. The van der Waals surface area contributed by atoms with Crippen LogP contribution >= 0.6 is 11.8 Å². The van der Waals surface area contributed by atoms with Gasteiger partial charge in [-0.05, 0) is 23.1 Å². The molecule has 0 unspecified atom stereocenters. The number of carbonyl (C=O) groups is 1. The van der Waals surface area contributed by atoms with Crippen molar-refractivity contribution >= 4 is 17.7 Å². The van der Waals surface area contributed by atoms with Gasteiger partial charge in [-0.15, -0.1) is 10.2 Å². The molecule has 0 fully saturated rings. The fourth-order valence-electron chi connectivity index (χ4n) is 2.87. The van der Waals surface area contributed by atoms with Crippen LogP contribution < -0.4 is 10.1 Å². The summed E-state index contributed by atoms with van der Waals surface area (Å²) in [5.74, 6) is 1.80. The van der Waals surface area contributed by atoms with E-state index in [1.54, 1.807) is 0 Å². The molecule has 0 aliphatic heterocycles. The first kappa shape index (κ1) is 21.9. The minimum atomic E-state index is -0.0595. The molecule has 6 nitrogen and oxygen atoms in total. The van der Waals surface area contributed by atoms with Crippen LogP contribution in [0.5, 0.6) is 5.75 Å². The second-order valence-electron chi connectivity index (χ2n) is 7.99. The SMILES string of the molecule is Cn1c(SCC(=O)NCCOc2ccccc2)nnc1-c1ccc(C(C)(C)C)cc1. The van der Waals surface area contributed by atoms with E-state index in [-0.39, 0.29) is 17.1 Å². The summed E-state index contributed by atoms with van der Waals surface area (Å²) in [6.07, 6.45) is 0. The number of thioether (sulfide) groups is 1. The molecule has 3 aromatic rings. The van der Waals surface area contributed by atoms with E-state index < -0.39 is 0 Å². The van der Waals surface area contributed by atoms with Crippen LogP contribution in [0.3, 0.4) is 0 Å². The monoisotopic (exact) mass is 424 g/mol. The lowest BCUT2D eigenvalue weighted by Gasteiger charge is -2.19. The number of rotatable bonds is 8. The lowest BCUT2D eigenvalue weighted by atomic mass is 9.87. The number of nitrogens with zero attached hydrogens (tertiary/aromatic N) is 3. The summed E-state index contributed by atoms with van der Waals surface area (Å²) in [7, 11) is 1.92. The molecule has 7 heteroatoms. The number of hydrogen-bond acceptors (Lipinski definition) is 5. The molecule has 0 spiro atoms. The van der Waals surface area contributed by atoms with Gasteiger partial charge in [-0.1, -0.05) is 75.0 Å². The zero-order chi connectivity index (χ0) is 21.6. The van der Waals surface area contributed by atoms with Crippen LogP contribution in [0.4, 0.5) is 0 Å². The predicted octanol–water partition coefficient (Wildman–Crippen LogP) is 4.07. The Balaban J connectivity index is 1.48. The molecule has 1 heterocycles. The fraction of sp³-hybridized carbons (Fsp3) is 0.348. The third-order valence-electron chi connectivity index (χ3n) is 4.61. The van der Waals surface area contributed by atoms with Crippen LogP contribution in [-0.4, -0.2) is 39.6 Å². The maximum Gasteiger partial charge on any atom is 0.230 e. The molecule has 0 bridgehead atoms. The van der Waals surface area contributed by atoms with Gasteiger partial charge in [-0.2, -0.15) is 0 Å². The van der Waals surface area contributed by atoms with Gasteiger partial charge in [0.2, 0.25) is 5.91 Å². The van der Waals surface area contributed by atoms with E-state index in [1.165, 1.54) is 17.3 Å². The maximum atomic E-state index is 12.1. The largest absolute Gasteiger partial charge is 0.492 e. The van der Waals surface area contributed by atoms with Crippen molar-refractivity contribution in [3.63, 3.8) is 0 Å². The summed E-state index contributed by atoms with van der Waals surface area (Å²) in [5.41, 5.74) is 2.39. The summed E-state index contributed by atoms with van der Waals surface area (Å²) in [5, 5.41) is 12.1. The van der Waals surface area contributed by atoms with Gasteiger partial charge in [0, 0.05) is 12.6 Å². The number of nitrogens with one attached hydrogen (secondary N) is 1. The van der Waals surface area contributed by atoms with E-state index in [4.69, 9.17) is 4.74 Å². The van der Waals surface area contributed by atoms with Crippen molar-refractivity contribution in [2.45, 2.75) is 31.3 Å². The summed E-state index contributed by atoms with van der Waals surface area (Å²) in [4.78, 5) is 12.1. The zero-order valence-electron chi connectivity index (χ0n) is 17.9. The van der Waals surface area contributed by atoms with Gasteiger partial charge in [-0.25, -0.2) is 0 Å². The Morgan fingerprint density at radius 1 is 1.07 bits per heavy atom. The first-order chi connectivity index (χ1) is 14.3. The lowest BCUT2D eigenvalue weighted by molar-refractivity contribution is -0.118. The smallest absolute Gasteiger partial charge is 0.230 e. The lowest BCUT2D eigenvalue weighted by Crippen LogP contribution is -2.29. The zero-order valence-corrected chi connectivity index (χ0v) is 18.7. The number of ether oxygens (including phenoxy) is 1. The molecule has 1 amide bonds. The van der Waals surface area contributed by atoms with Gasteiger partial charge < -0.3 is 14.6 Å². The van der Waals surface area contributed by atoms with Crippen LogP contribution in [-0.2, 0) is 17.3 Å². The standard InChI is InChI=1S/C23H28N4O2S/c1-23(2,3)18-12-10-17(11-13-18)21-25-26-22(27(21)4)30-16-20(28)24-14-15-29-19-8-6-5-7-9-19/h5-13H,14-16H2,1-4H3,(H,24,28). The number of hydrogen-bond donors (Lipinski definition) is 1. The van der Waals surface area contributed by atoms with Gasteiger partial charge in [0.1, 0.15) is 12.4 Å². The number of carbonyl (C=O) groups excluding carboxylic acids is 1. The molecular weight excluding hydrogens is 396 g/mol. The molecule has 2 aromatic carbocycles. The molecule has 0 radical (unpaired) electrons. The Morgan fingerprint density at radius 2 is 1.77 bits per heavy atom. The molecule has 0 atom stereocenters. The van der Waals surface area contributed by atoms with Gasteiger partial charge in [0.15, 0.2) is 11.0 Å². The summed E-state index contributed by atoms with van der Waals surface area (Å²) in [6.45, 7) is 7.46. The van der Waals surface area contributed by atoms with Crippen molar-refractivity contribution in [2.24, 2.45) is 7.05 Å². The van der Waals surface area contributed by atoms with Crippen LogP contribution in [0.25, 0.3) is 11.4 Å². The van der Waals surface area contributed by atoms with Gasteiger partial charge in [0.25, 0.3) is 0 Å². The fourth-order valence-corrected chi connectivity index (χ4v) is 3.61. The van der Waals surface area contributed by atoms with Crippen LogP contribution in [0, 0.1) is 0 Å². The normalized spacial score (nSPS) is 11.3. The van der Waals surface area contributed by atoms with Gasteiger partial charge >= 0.3 is 0 Å². The Kier molecular flexibility index (Phi) is 7.15. The van der Waals surface area contributed by atoms with Crippen molar-refractivity contribution in [3.05, 3.63) is 60.2 Å². The minimum absolute atomic E-state index is 0.0595. The molecule has 0 saturated carbocycles. The van der Waals surface area contributed by atoms with Crippen molar-refractivity contribution in [1.82, 2.24) is 20.1 Å². The quantitative estimate of drug-likeness (QED) is 0.436. The highest BCUT2D eigenvalue weighted by Crippen LogP contribution is 2.26. The molecule has 1 aromatic heterocycles. The summed E-state index contributed by atoms with van der Waals surface area (Å²) >= 11 is 1.37. The van der Waals surface area contributed by atoms with Crippen LogP contribution in [0.1, 0.15) is 26.3 Å². The number of amides is 1. The number of aromatic nitrogens is 3. The third-order valence-corrected chi connectivity index (χ3v) is 5.63. The molecule has 3 rings (SSSR count). The molecule has 0 aliphatic carbocycles. The van der Waals surface area contributed by atoms with Crippen molar-refractivity contribution < 1.29 is 9.53 Å². The topological polar surface area (TPSA) is 69.0 Å². The molecule has 30 heavy (non-hydrogen) atoms. The Labute approximate surface area is 182 Å². The first-order valence-electron chi connectivity index (χ1n) is 9.92. The van der Waals surface area contributed by atoms with Crippen molar-refractivity contribution in [1.29, 1.82) is 0 Å². The Bertz CT molecular complexity index is 963. The van der Waals surface area contributed by atoms with Crippen LogP contribution in [0.15, 0.2) is 59.8 Å². The molecule has 1 N–H and O–H groups in total. The number of para-hydroxylation sites is 1.